The summed E-state index contributed by atoms with van der Waals surface area (Å²) in [5, 5.41) is 7.45. The summed E-state index contributed by atoms with van der Waals surface area (Å²) in [6.45, 7) is 6.67. The van der Waals surface area contributed by atoms with Gasteiger partial charge in [-0.25, -0.2) is 4.79 Å². The molecule has 1 heterocycles. The summed E-state index contributed by atoms with van der Waals surface area (Å²) in [5.41, 5.74) is 1.47. The summed E-state index contributed by atoms with van der Waals surface area (Å²) in [4.78, 5) is 27.3. The molecule has 156 valence electrons. The van der Waals surface area contributed by atoms with Crippen LogP contribution in [0.1, 0.15) is 39.4 Å². The summed E-state index contributed by atoms with van der Waals surface area (Å²) in [6.07, 6.45) is 0. The zero-order valence-electron chi connectivity index (χ0n) is 16.4. The van der Waals surface area contributed by atoms with E-state index in [9.17, 15) is 9.59 Å². The van der Waals surface area contributed by atoms with E-state index in [0.29, 0.717) is 44.3 Å². The van der Waals surface area contributed by atoms with Crippen molar-refractivity contribution in [3.8, 4) is 0 Å². The number of esters is 1. The standard InChI is InChI=1S/C19H21Cl2N3O3S2/c1-5-24(6-2)17(25)15-10(3)14(18(26)27-4)16(29-15)23-19(28)22-11-7-8-12(20)13(21)9-11/h7-9H,5-6H2,1-4H3,(H2,22,23,28). The van der Waals surface area contributed by atoms with Gasteiger partial charge >= 0.3 is 5.97 Å². The number of nitrogens with one attached hydrogen (secondary N) is 2. The summed E-state index contributed by atoms with van der Waals surface area (Å²) < 4.78 is 4.90. The van der Waals surface area contributed by atoms with Gasteiger partial charge in [-0.3, -0.25) is 4.79 Å². The van der Waals surface area contributed by atoms with Crippen LogP contribution in [0.2, 0.25) is 10.0 Å². The van der Waals surface area contributed by atoms with Gasteiger partial charge in [-0.05, 0) is 56.8 Å². The fourth-order valence-corrected chi connectivity index (χ4v) is 4.40. The Morgan fingerprint density at radius 1 is 1.17 bits per heavy atom. The number of nitrogens with zero attached hydrogens (tertiary/aromatic N) is 1. The zero-order chi connectivity index (χ0) is 21.7. The zero-order valence-corrected chi connectivity index (χ0v) is 19.5. The topological polar surface area (TPSA) is 70.7 Å². The number of thiocarbonyl (C=S) groups is 1. The van der Waals surface area contributed by atoms with Crippen LogP contribution in [0.4, 0.5) is 10.7 Å². The largest absolute Gasteiger partial charge is 0.465 e. The van der Waals surface area contributed by atoms with E-state index in [-0.39, 0.29) is 16.6 Å². The number of halogens is 2. The molecule has 2 rings (SSSR count). The lowest BCUT2D eigenvalue weighted by molar-refractivity contribution is 0.0601. The minimum absolute atomic E-state index is 0.140. The number of carbonyl (C=O) groups excluding carboxylic acids is 2. The summed E-state index contributed by atoms with van der Waals surface area (Å²) in [5.74, 6) is -0.684. The third kappa shape index (κ3) is 5.39. The van der Waals surface area contributed by atoms with Crippen LogP contribution in [0.3, 0.4) is 0 Å². The molecular weight excluding hydrogens is 453 g/mol. The Morgan fingerprint density at radius 2 is 1.83 bits per heavy atom. The predicted octanol–water partition coefficient (Wildman–Crippen LogP) is 5.44. The monoisotopic (exact) mass is 473 g/mol. The van der Waals surface area contributed by atoms with Gasteiger partial charge in [-0.15, -0.1) is 11.3 Å². The van der Waals surface area contributed by atoms with Crippen LogP contribution in [0.25, 0.3) is 0 Å². The Labute approximate surface area is 189 Å². The van der Waals surface area contributed by atoms with Gasteiger partial charge in [0.15, 0.2) is 5.11 Å². The summed E-state index contributed by atoms with van der Waals surface area (Å²) >= 11 is 18.5. The van der Waals surface area contributed by atoms with Gasteiger partial charge in [0.1, 0.15) is 5.00 Å². The number of methoxy groups -OCH3 is 1. The number of hydrogen-bond acceptors (Lipinski definition) is 5. The normalized spacial score (nSPS) is 10.4. The van der Waals surface area contributed by atoms with Crippen molar-refractivity contribution < 1.29 is 14.3 Å². The van der Waals surface area contributed by atoms with E-state index in [1.807, 2.05) is 13.8 Å². The van der Waals surface area contributed by atoms with Crippen molar-refractivity contribution in [1.82, 2.24) is 4.90 Å². The Morgan fingerprint density at radius 3 is 2.38 bits per heavy atom. The first kappa shape index (κ1) is 23.4. The minimum atomic E-state index is -0.544. The van der Waals surface area contributed by atoms with Crippen molar-refractivity contribution in [3.63, 3.8) is 0 Å². The first-order chi connectivity index (χ1) is 13.7. The fourth-order valence-electron chi connectivity index (χ4n) is 2.65. The second-order valence-corrected chi connectivity index (χ2v) is 8.18. The van der Waals surface area contributed by atoms with E-state index in [0.717, 1.165) is 11.3 Å². The van der Waals surface area contributed by atoms with E-state index in [1.165, 1.54) is 7.11 Å². The molecule has 0 spiro atoms. The summed E-state index contributed by atoms with van der Waals surface area (Å²) in [6, 6.07) is 5.00. The molecule has 0 radical (unpaired) electrons. The fraction of sp³-hybridized carbons (Fsp3) is 0.316. The molecular formula is C19H21Cl2N3O3S2. The number of thiophene rings is 1. The molecule has 1 aromatic heterocycles. The highest BCUT2D eigenvalue weighted by Gasteiger charge is 2.27. The predicted molar refractivity (Wildman–Crippen MR) is 124 cm³/mol. The van der Waals surface area contributed by atoms with Gasteiger partial charge in [0.05, 0.1) is 27.6 Å². The van der Waals surface area contributed by atoms with Crippen molar-refractivity contribution in [1.29, 1.82) is 0 Å². The smallest absolute Gasteiger partial charge is 0.341 e. The highest BCUT2D eigenvalue weighted by molar-refractivity contribution is 7.80. The molecule has 2 aromatic rings. The third-order valence-corrected chi connectivity index (χ3v) is 6.32. The van der Waals surface area contributed by atoms with Gasteiger partial charge in [0.2, 0.25) is 0 Å². The highest BCUT2D eigenvalue weighted by atomic mass is 35.5. The maximum atomic E-state index is 12.8. The lowest BCUT2D eigenvalue weighted by atomic mass is 10.1. The molecule has 1 amide bonds. The quantitative estimate of drug-likeness (QED) is 0.429. The third-order valence-electron chi connectivity index (χ3n) is 4.19. The van der Waals surface area contributed by atoms with Crippen LogP contribution < -0.4 is 10.6 Å². The van der Waals surface area contributed by atoms with E-state index >= 15 is 0 Å². The summed E-state index contributed by atoms with van der Waals surface area (Å²) in [7, 11) is 1.29. The molecule has 1 aromatic carbocycles. The number of anilines is 2. The molecule has 0 unspecified atom stereocenters. The van der Waals surface area contributed by atoms with Crippen molar-refractivity contribution >= 4 is 74.4 Å². The van der Waals surface area contributed by atoms with Crippen LogP contribution in [0.5, 0.6) is 0 Å². The van der Waals surface area contributed by atoms with E-state index in [2.05, 4.69) is 10.6 Å². The maximum absolute atomic E-state index is 12.8. The van der Waals surface area contributed by atoms with Crippen molar-refractivity contribution in [3.05, 3.63) is 44.2 Å². The van der Waals surface area contributed by atoms with Crippen LogP contribution in [0.15, 0.2) is 18.2 Å². The highest BCUT2D eigenvalue weighted by Crippen LogP contribution is 2.35. The van der Waals surface area contributed by atoms with Crippen molar-refractivity contribution in [2.45, 2.75) is 20.8 Å². The Balaban J connectivity index is 2.33. The van der Waals surface area contributed by atoms with Crippen LogP contribution in [-0.4, -0.2) is 42.1 Å². The first-order valence-electron chi connectivity index (χ1n) is 8.77. The number of amides is 1. The molecule has 0 atom stereocenters. The lowest BCUT2D eigenvalue weighted by Crippen LogP contribution is -2.30. The van der Waals surface area contributed by atoms with Crippen molar-refractivity contribution in [2.75, 3.05) is 30.8 Å². The maximum Gasteiger partial charge on any atom is 0.341 e. The van der Waals surface area contributed by atoms with Crippen LogP contribution in [-0.2, 0) is 4.74 Å². The number of ether oxygens (including phenoxy) is 1. The number of rotatable bonds is 6. The Hall–Kier alpha value is -1.87. The number of carbonyl (C=O) groups is 2. The van der Waals surface area contributed by atoms with Crippen LogP contribution >= 0.6 is 46.8 Å². The molecule has 6 nitrogen and oxygen atoms in total. The average molecular weight is 474 g/mol. The van der Waals surface area contributed by atoms with Gasteiger partial charge in [0, 0.05) is 18.8 Å². The average Bonchev–Trinajstić information content (AvgIpc) is 3.00. The molecule has 0 aliphatic carbocycles. The first-order valence-corrected chi connectivity index (χ1v) is 10.7. The molecule has 0 fully saturated rings. The molecule has 0 aliphatic heterocycles. The Bertz CT molecular complexity index is 943. The molecule has 0 bridgehead atoms. The van der Waals surface area contributed by atoms with E-state index in [1.54, 1.807) is 30.0 Å². The molecule has 0 aliphatic rings. The second kappa shape index (κ2) is 10.2. The Kier molecular flexibility index (Phi) is 8.27. The van der Waals surface area contributed by atoms with Gasteiger partial charge in [-0.1, -0.05) is 23.2 Å². The van der Waals surface area contributed by atoms with Crippen LogP contribution in [0, 0.1) is 6.92 Å². The SMILES string of the molecule is CCN(CC)C(=O)c1sc(NC(=S)Nc2ccc(Cl)c(Cl)c2)c(C(=O)OC)c1C. The number of hydrogen-bond donors (Lipinski definition) is 2. The van der Waals surface area contributed by atoms with E-state index in [4.69, 9.17) is 40.2 Å². The molecule has 0 saturated carbocycles. The molecule has 29 heavy (non-hydrogen) atoms. The van der Waals surface area contributed by atoms with Gasteiger partial charge < -0.3 is 20.3 Å². The minimum Gasteiger partial charge on any atom is -0.465 e. The van der Waals surface area contributed by atoms with Gasteiger partial charge in [-0.2, -0.15) is 0 Å². The molecule has 10 heteroatoms. The second-order valence-electron chi connectivity index (χ2n) is 5.94. The molecule has 2 N–H and O–H groups in total. The number of benzene rings is 1. The lowest BCUT2D eigenvalue weighted by Gasteiger charge is -2.17. The van der Waals surface area contributed by atoms with Crippen molar-refractivity contribution in [2.24, 2.45) is 0 Å². The molecule has 0 saturated heterocycles. The van der Waals surface area contributed by atoms with Gasteiger partial charge in [0.25, 0.3) is 5.91 Å². The van der Waals surface area contributed by atoms with E-state index < -0.39 is 5.97 Å².